The standard InChI is InChI=1S/C14H19NO2/c1-10(2)8-12-9-17-13(14(16)15-12)11-6-4-3-5-7-11/h3-7,10,12-13H,8-9H2,1-2H3,(H,15,16). The average molecular weight is 233 g/mol. The van der Waals surface area contributed by atoms with Crippen molar-refractivity contribution in [2.75, 3.05) is 6.61 Å². The van der Waals surface area contributed by atoms with E-state index in [1.54, 1.807) is 0 Å². The second-order valence-electron chi connectivity index (χ2n) is 4.96. The molecule has 2 rings (SSSR count). The molecule has 1 saturated heterocycles. The number of carbonyl (C=O) groups is 1. The lowest BCUT2D eigenvalue weighted by Gasteiger charge is -2.30. The van der Waals surface area contributed by atoms with Crippen molar-refractivity contribution >= 4 is 5.91 Å². The van der Waals surface area contributed by atoms with Gasteiger partial charge < -0.3 is 10.1 Å². The molecular weight excluding hydrogens is 214 g/mol. The number of ether oxygens (including phenoxy) is 1. The zero-order valence-electron chi connectivity index (χ0n) is 10.3. The quantitative estimate of drug-likeness (QED) is 0.870. The van der Waals surface area contributed by atoms with Crippen LogP contribution >= 0.6 is 0 Å². The first-order valence-electron chi connectivity index (χ1n) is 6.13. The fraction of sp³-hybridized carbons (Fsp3) is 0.500. The molecule has 3 heteroatoms. The Balaban J connectivity index is 1.99. The van der Waals surface area contributed by atoms with Crippen LogP contribution in [-0.2, 0) is 9.53 Å². The van der Waals surface area contributed by atoms with Gasteiger partial charge in [0.15, 0.2) is 6.10 Å². The van der Waals surface area contributed by atoms with Crippen LogP contribution in [-0.4, -0.2) is 18.6 Å². The summed E-state index contributed by atoms with van der Waals surface area (Å²) >= 11 is 0. The summed E-state index contributed by atoms with van der Waals surface area (Å²) in [4.78, 5) is 12.0. The zero-order valence-corrected chi connectivity index (χ0v) is 10.3. The summed E-state index contributed by atoms with van der Waals surface area (Å²) in [6.45, 7) is 4.90. The van der Waals surface area contributed by atoms with E-state index < -0.39 is 6.10 Å². The van der Waals surface area contributed by atoms with Crippen molar-refractivity contribution in [2.24, 2.45) is 5.92 Å². The van der Waals surface area contributed by atoms with E-state index in [1.165, 1.54) is 0 Å². The maximum absolute atomic E-state index is 12.0. The summed E-state index contributed by atoms with van der Waals surface area (Å²) in [6, 6.07) is 9.78. The molecule has 0 spiro atoms. The Hall–Kier alpha value is -1.35. The molecule has 0 bridgehead atoms. The Labute approximate surface area is 102 Å². The maximum atomic E-state index is 12.0. The Bertz CT molecular complexity index is 375. The summed E-state index contributed by atoms with van der Waals surface area (Å²) in [5.41, 5.74) is 0.924. The predicted molar refractivity (Wildman–Crippen MR) is 66.5 cm³/mol. The first-order chi connectivity index (χ1) is 8.16. The molecule has 3 nitrogen and oxygen atoms in total. The molecule has 1 aliphatic rings. The van der Waals surface area contributed by atoms with Crippen molar-refractivity contribution in [3.8, 4) is 0 Å². The second kappa shape index (κ2) is 5.32. The monoisotopic (exact) mass is 233 g/mol. The number of benzene rings is 1. The summed E-state index contributed by atoms with van der Waals surface area (Å²) in [5.74, 6) is 0.547. The molecule has 17 heavy (non-hydrogen) atoms. The third kappa shape index (κ3) is 3.07. The third-order valence-corrected chi connectivity index (χ3v) is 2.91. The van der Waals surface area contributed by atoms with Gasteiger partial charge in [0.05, 0.1) is 12.6 Å². The lowest BCUT2D eigenvalue weighted by Crippen LogP contribution is -2.47. The van der Waals surface area contributed by atoms with Crippen LogP contribution in [0.2, 0.25) is 0 Å². The van der Waals surface area contributed by atoms with Crippen molar-refractivity contribution in [1.29, 1.82) is 0 Å². The van der Waals surface area contributed by atoms with Crippen LogP contribution in [0, 0.1) is 5.92 Å². The topological polar surface area (TPSA) is 38.3 Å². The third-order valence-electron chi connectivity index (χ3n) is 2.91. The molecule has 1 N–H and O–H groups in total. The van der Waals surface area contributed by atoms with E-state index >= 15 is 0 Å². The van der Waals surface area contributed by atoms with Crippen LogP contribution in [0.3, 0.4) is 0 Å². The molecule has 92 valence electrons. The highest BCUT2D eigenvalue weighted by Gasteiger charge is 2.29. The first kappa shape index (κ1) is 12.1. The SMILES string of the molecule is CC(C)CC1COC(c2ccccc2)C(=O)N1. The molecule has 0 aromatic heterocycles. The number of nitrogens with one attached hydrogen (secondary N) is 1. The van der Waals surface area contributed by atoms with E-state index in [4.69, 9.17) is 4.74 Å². The van der Waals surface area contributed by atoms with Gasteiger partial charge >= 0.3 is 0 Å². The maximum Gasteiger partial charge on any atom is 0.254 e. The summed E-state index contributed by atoms with van der Waals surface area (Å²) in [5, 5.41) is 3.03. The molecule has 1 heterocycles. The lowest BCUT2D eigenvalue weighted by molar-refractivity contribution is -0.141. The van der Waals surface area contributed by atoms with E-state index in [-0.39, 0.29) is 11.9 Å². The Morgan fingerprint density at radius 2 is 2.06 bits per heavy atom. The van der Waals surface area contributed by atoms with E-state index in [0.29, 0.717) is 12.5 Å². The van der Waals surface area contributed by atoms with Crippen LogP contribution in [0.4, 0.5) is 0 Å². The fourth-order valence-electron chi connectivity index (χ4n) is 2.18. The molecule has 1 aliphatic heterocycles. The van der Waals surface area contributed by atoms with Gasteiger partial charge in [0.1, 0.15) is 0 Å². The summed E-state index contributed by atoms with van der Waals surface area (Å²) in [6.07, 6.45) is 0.521. The average Bonchev–Trinajstić information content (AvgIpc) is 2.29. The Kier molecular flexibility index (Phi) is 3.79. The van der Waals surface area contributed by atoms with Gasteiger partial charge in [-0.25, -0.2) is 0 Å². The number of hydrogen-bond acceptors (Lipinski definition) is 2. The van der Waals surface area contributed by atoms with Gasteiger partial charge in [-0.15, -0.1) is 0 Å². The van der Waals surface area contributed by atoms with Crippen LogP contribution in [0.1, 0.15) is 31.9 Å². The van der Waals surface area contributed by atoms with E-state index in [0.717, 1.165) is 12.0 Å². The van der Waals surface area contributed by atoms with Crippen molar-refractivity contribution < 1.29 is 9.53 Å². The van der Waals surface area contributed by atoms with Gasteiger partial charge in [0.2, 0.25) is 0 Å². The van der Waals surface area contributed by atoms with Gasteiger partial charge in [-0.2, -0.15) is 0 Å². The summed E-state index contributed by atoms with van der Waals surface area (Å²) < 4.78 is 5.68. The van der Waals surface area contributed by atoms with Gasteiger partial charge in [0, 0.05) is 0 Å². The predicted octanol–water partition coefficient (Wildman–Crippen LogP) is 2.29. The van der Waals surface area contributed by atoms with Crippen molar-refractivity contribution in [1.82, 2.24) is 5.32 Å². The largest absolute Gasteiger partial charge is 0.361 e. The molecule has 1 amide bonds. The molecule has 0 aliphatic carbocycles. The van der Waals surface area contributed by atoms with Crippen LogP contribution in [0.15, 0.2) is 30.3 Å². The van der Waals surface area contributed by atoms with Gasteiger partial charge in [0.25, 0.3) is 5.91 Å². The number of rotatable bonds is 3. The van der Waals surface area contributed by atoms with Crippen molar-refractivity contribution in [2.45, 2.75) is 32.4 Å². The second-order valence-corrected chi connectivity index (χ2v) is 4.96. The molecule has 2 atom stereocenters. The molecule has 0 saturated carbocycles. The molecule has 0 radical (unpaired) electrons. The molecule has 2 unspecified atom stereocenters. The Morgan fingerprint density at radius 3 is 2.65 bits per heavy atom. The van der Waals surface area contributed by atoms with Crippen molar-refractivity contribution in [3.63, 3.8) is 0 Å². The number of carbonyl (C=O) groups excluding carboxylic acids is 1. The summed E-state index contributed by atoms with van der Waals surface area (Å²) in [7, 11) is 0. The van der Waals surface area contributed by atoms with Gasteiger partial charge in [-0.05, 0) is 17.9 Å². The fourth-order valence-corrected chi connectivity index (χ4v) is 2.18. The minimum absolute atomic E-state index is 0.0203. The number of hydrogen-bond donors (Lipinski definition) is 1. The normalized spacial score (nSPS) is 24.8. The molecular formula is C14H19NO2. The number of amides is 1. The smallest absolute Gasteiger partial charge is 0.254 e. The van der Waals surface area contributed by atoms with Crippen molar-refractivity contribution in [3.05, 3.63) is 35.9 Å². The van der Waals surface area contributed by atoms with Gasteiger partial charge in [-0.3, -0.25) is 4.79 Å². The zero-order chi connectivity index (χ0) is 12.3. The van der Waals surface area contributed by atoms with Crippen LogP contribution in [0.25, 0.3) is 0 Å². The van der Waals surface area contributed by atoms with Crippen LogP contribution in [0.5, 0.6) is 0 Å². The molecule has 1 fully saturated rings. The molecule has 1 aromatic rings. The lowest BCUT2D eigenvalue weighted by atomic mass is 10.0. The highest BCUT2D eigenvalue weighted by molar-refractivity contribution is 5.83. The van der Waals surface area contributed by atoms with E-state index in [1.807, 2.05) is 30.3 Å². The highest BCUT2D eigenvalue weighted by Crippen LogP contribution is 2.22. The highest BCUT2D eigenvalue weighted by atomic mass is 16.5. The minimum Gasteiger partial charge on any atom is -0.361 e. The molecule has 1 aromatic carbocycles. The minimum atomic E-state index is -0.445. The van der Waals surface area contributed by atoms with E-state index in [2.05, 4.69) is 19.2 Å². The number of morpholine rings is 1. The Morgan fingerprint density at radius 1 is 1.35 bits per heavy atom. The first-order valence-corrected chi connectivity index (χ1v) is 6.13. The van der Waals surface area contributed by atoms with E-state index in [9.17, 15) is 4.79 Å². The van der Waals surface area contributed by atoms with Crippen LogP contribution < -0.4 is 5.32 Å². The van der Waals surface area contributed by atoms with Gasteiger partial charge in [-0.1, -0.05) is 44.2 Å².